The van der Waals surface area contributed by atoms with Crippen LogP contribution in [0, 0.1) is 10.1 Å². The molecule has 0 aliphatic rings. The molecule has 21 heavy (non-hydrogen) atoms. The van der Waals surface area contributed by atoms with Crippen molar-refractivity contribution in [2.75, 3.05) is 11.9 Å². The van der Waals surface area contributed by atoms with E-state index in [2.05, 4.69) is 15.3 Å². The van der Waals surface area contributed by atoms with Gasteiger partial charge in [-0.2, -0.15) is 0 Å². The molecule has 0 atom stereocenters. The van der Waals surface area contributed by atoms with Crippen LogP contribution in [0.3, 0.4) is 0 Å². The van der Waals surface area contributed by atoms with Gasteiger partial charge in [0.05, 0.1) is 21.5 Å². The number of pyridine rings is 1. The first kappa shape index (κ1) is 13.4. The van der Waals surface area contributed by atoms with Gasteiger partial charge in [-0.1, -0.05) is 0 Å². The Kier molecular flexibility index (Phi) is 3.74. The standard InChI is InChI=1S/C14H12N4O2S/c19-18(20)14-2-1-13(12-7-15-5-4-11(12)14)16-6-3-10-8-21-9-17-10/h1-2,4-5,7-9,16H,3,6H2. The minimum Gasteiger partial charge on any atom is -0.384 e. The van der Waals surface area contributed by atoms with E-state index in [1.807, 2.05) is 5.38 Å². The van der Waals surface area contributed by atoms with Crippen LogP contribution >= 0.6 is 11.3 Å². The second-order valence-electron chi connectivity index (χ2n) is 4.47. The molecule has 0 aliphatic heterocycles. The lowest BCUT2D eigenvalue weighted by Crippen LogP contribution is -2.06. The molecule has 106 valence electrons. The lowest BCUT2D eigenvalue weighted by atomic mass is 10.1. The number of thiazole rings is 1. The molecule has 3 aromatic rings. The highest BCUT2D eigenvalue weighted by atomic mass is 32.1. The van der Waals surface area contributed by atoms with E-state index < -0.39 is 0 Å². The Morgan fingerprint density at radius 2 is 2.19 bits per heavy atom. The lowest BCUT2D eigenvalue weighted by molar-refractivity contribution is -0.383. The van der Waals surface area contributed by atoms with Gasteiger partial charge in [-0.25, -0.2) is 4.98 Å². The molecule has 1 aromatic carbocycles. The van der Waals surface area contributed by atoms with Gasteiger partial charge in [0.15, 0.2) is 0 Å². The van der Waals surface area contributed by atoms with Gasteiger partial charge in [-0.15, -0.1) is 11.3 Å². The summed E-state index contributed by atoms with van der Waals surface area (Å²) in [6.07, 6.45) is 4.02. The summed E-state index contributed by atoms with van der Waals surface area (Å²) in [6, 6.07) is 4.91. The summed E-state index contributed by atoms with van der Waals surface area (Å²) in [7, 11) is 0. The number of rotatable bonds is 5. The van der Waals surface area contributed by atoms with Crippen molar-refractivity contribution >= 4 is 33.5 Å². The predicted molar refractivity (Wildman–Crippen MR) is 82.7 cm³/mol. The number of nitro groups is 1. The fourth-order valence-corrected chi connectivity index (χ4v) is 2.77. The summed E-state index contributed by atoms with van der Waals surface area (Å²) < 4.78 is 0. The van der Waals surface area contributed by atoms with Crippen LogP contribution in [0.15, 0.2) is 41.5 Å². The molecule has 3 rings (SSSR count). The van der Waals surface area contributed by atoms with Crippen LogP contribution in [-0.2, 0) is 6.42 Å². The maximum atomic E-state index is 11.1. The van der Waals surface area contributed by atoms with Crippen molar-refractivity contribution in [3.63, 3.8) is 0 Å². The molecule has 1 N–H and O–H groups in total. The Bertz CT molecular complexity index is 774. The molecule has 0 radical (unpaired) electrons. The summed E-state index contributed by atoms with van der Waals surface area (Å²) >= 11 is 1.57. The Balaban J connectivity index is 1.85. The van der Waals surface area contributed by atoms with Gasteiger partial charge in [0, 0.05) is 47.9 Å². The molecule has 0 fully saturated rings. The van der Waals surface area contributed by atoms with E-state index in [-0.39, 0.29) is 10.6 Å². The van der Waals surface area contributed by atoms with Crippen molar-refractivity contribution in [2.45, 2.75) is 6.42 Å². The smallest absolute Gasteiger partial charge is 0.277 e. The highest BCUT2D eigenvalue weighted by Gasteiger charge is 2.13. The quantitative estimate of drug-likeness (QED) is 0.578. The second kappa shape index (κ2) is 5.84. The molecule has 0 amide bonds. The van der Waals surface area contributed by atoms with Crippen LogP contribution < -0.4 is 5.32 Å². The Labute approximate surface area is 124 Å². The summed E-state index contributed by atoms with van der Waals surface area (Å²) in [4.78, 5) is 19.0. The summed E-state index contributed by atoms with van der Waals surface area (Å²) in [5.41, 5.74) is 3.79. The van der Waals surface area contributed by atoms with E-state index in [1.54, 1.807) is 41.4 Å². The monoisotopic (exact) mass is 300 g/mol. The molecule has 6 nitrogen and oxygen atoms in total. The van der Waals surface area contributed by atoms with E-state index in [0.717, 1.165) is 23.2 Å². The number of nitrogens with one attached hydrogen (secondary N) is 1. The van der Waals surface area contributed by atoms with Crippen molar-refractivity contribution in [3.05, 3.63) is 57.3 Å². The average molecular weight is 300 g/mol. The fourth-order valence-electron chi connectivity index (χ4n) is 2.17. The molecule has 0 bridgehead atoms. The van der Waals surface area contributed by atoms with Crippen LogP contribution in [-0.4, -0.2) is 21.4 Å². The molecule has 0 aliphatic carbocycles. The number of fused-ring (bicyclic) bond motifs is 1. The van der Waals surface area contributed by atoms with Crippen molar-refractivity contribution in [1.29, 1.82) is 0 Å². The summed E-state index contributed by atoms with van der Waals surface area (Å²) in [5, 5.41) is 17.7. The number of aromatic nitrogens is 2. The van der Waals surface area contributed by atoms with Crippen LogP contribution in [0.5, 0.6) is 0 Å². The van der Waals surface area contributed by atoms with Gasteiger partial charge in [-0.3, -0.25) is 15.1 Å². The zero-order chi connectivity index (χ0) is 14.7. The third kappa shape index (κ3) is 2.82. The highest BCUT2D eigenvalue weighted by Crippen LogP contribution is 2.30. The summed E-state index contributed by atoms with van der Waals surface area (Å²) in [5.74, 6) is 0. The fraction of sp³-hybridized carbons (Fsp3) is 0.143. The molecule has 0 saturated carbocycles. The largest absolute Gasteiger partial charge is 0.384 e. The zero-order valence-electron chi connectivity index (χ0n) is 11.0. The Morgan fingerprint density at radius 3 is 2.95 bits per heavy atom. The van der Waals surface area contributed by atoms with E-state index >= 15 is 0 Å². The topological polar surface area (TPSA) is 81.0 Å². The second-order valence-corrected chi connectivity index (χ2v) is 5.19. The maximum absolute atomic E-state index is 11.1. The lowest BCUT2D eigenvalue weighted by Gasteiger charge is -2.09. The normalized spacial score (nSPS) is 10.7. The maximum Gasteiger partial charge on any atom is 0.277 e. The van der Waals surface area contributed by atoms with Crippen molar-refractivity contribution in [2.24, 2.45) is 0 Å². The molecule has 7 heteroatoms. The number of benzene rings is 1. The third-order valence-corrected chi connectivity index (χ3v) is 3.81. The molecule has 0 saturated heterocycles. The summed E-state index contributed by atoms with van der Waals surface area (Å²) in [6.45, 7) is 0.714. The first-order valence-electron chi connectivity index (χ1n) is 6.38. The molecular weight excluding hydrogens is 288 g/mol. The van der Waals surface area contributed by atoms with Gasteiger partial charge in [-0.05, 0) is 12.1 Å². The van der Waals surface area contributed by atoms with Crippen LogP contribution in [0.4, 0.5) is 11.4 Å². The number of nitro benzene ring substituents is 1. The molecular formula is C14H12N4O2S. The van der Waals surface area contributed by atoms with Gasteiger partial charge >= 0.3 is 0 Å². The number of hydrogen-bond acceptors (Lipinski definition) is 6. The minimum absolute atomic E-state index is 0.0949. The van der Waals surface area contributed by atoms with Crippen LogP contribution in [0.25, 0.3) is 10.8 Å². The zero-order valence-corrected chi connectivity index (χ0v) is 11.8. The number of anilines is 1. The van der Waals surface area contributed by atoms with Crippen molar-refractivity contribution in [3.8, 4) is 0 Å². The van der Waals surface area contributed by atoms with E-state index in [1.165, 1.54) is 6.07 Å². The van der Waals surface area contributed by atoms with Crippen molar-refractivity contribution < 1.29 is 4.92 Å². The van der Waals surface area contributed by atoms with E-state index in [0.29, 0.717) is 11.9 Å². The van der Waals surface area contributed by atoms with Crippen LogP contribution in [0.1, 0.15) is 5.69 Å². The molecule has 2 aromatic heterocycles. The van der Waals surface area contributed by atoms with E-state index in [9.17, 15) is 10.1 Å². The predicted octanol–water partition coefficient (Wildman–Crippen LogP) is 3.25. The Morgan fingerprint density at radius 1 is 1.29 bits per heavy atom. The third-order valence-electron chi connectivity index (χ3n) is 3.17. The number of non-ortho nitro benzene ring substituents is 1. The molecule has 2 heterocycles. The van der Waals surface area contributed by atoms with Gasteiger partial charge in [0.2, 0.25) is 0 Å². The van der Waals surface area contributed by atoms with Gasteiger partial charge in [0.25, 0.3) is 5.69 Å². The van der Waals surface area contributed by atoms with Gasteiger partial charge in [0.1, 0.15) is 0 Å². The Hall–Kier alpha value is -2.54. The first-order valence-corrected chi connectivity index (χ1v) is 7.32. The van der Waals surface area contributed by atoms with Gasteiger partial charge < -0.3 is 5.32 Å². The first-order chi connectivity index (χ1) is 10.3. The molecule has 0 spiro atoms. The van der Waals surface area contributed by atoms with Crippen molar-refractivity contribution in [1.82, 2.24) is 9.97 Å². The molecule has 0 unspecified atom stereocenters. The number of nitrogens with zero attached hydrogens (tertiary/aromatic N) is 3. The SMILES string of the molecule is O=[N+]([O-])c1ccc(NCCc2cscn2)c2cnccc12. The highest BCUT2D eigenvalue weighted by molar-refractivity contribution is 7.07. The van der Waals surface area contributed by atoms with E-state index in [4.69, 9.17) is 0 Å². The van der Waals surface area contributed by atoms with Crippen LogP contribution in [0.2, 0.25) is 0 Å². The average Bonchev–Trinajstić information content (AvgIpc) is 3.00. The minimum atomic E-state index is -0.374. The number of hydrogen-bond donors (Lipinski definition) is 1.